The lowest BCUT2D eigenvalue weighted by Crippen LogP contribution is -2.13. The minimum absolute atomic E-state index is 0.347. The number of carbonyl (C=O) groups is 1. The van der Waals surface area contributed by atoms with Crippen molar-refractivity contribution >= 4 is 21.8 Å². The van der Waals surface area contributed by atoms with Crippen LogP contribution in [0.4, 0.5) is 5.69 Å². The smallest absolute Gasteiger partial charge is 0.338 e. The highest BCUT2D eigenvalue weighted by atomic mass is 32.2. The van der Waals surface area contributed by atoms with Crippen LogP contribution in [0, 0.1) is 0 Å². The molecular formula is C7H8N2O6S. The molecule has 0 saturated carbocycles. The molecule has 9 heteroatoms. The summed E-state index contributed by atoms with van der Waals surface area (Å²) in [5, 5.41) is 18.0. The van der Waals surface area contributed by atoms with Crippen molar-refractivity contribution in [1.82, 2.24) is 0 Å². The van der Waals surface area contributed by atoms with Gasteiger partial charge in [0, 0.05) is 6.07 Å². The number of nitrogen functional groups attached to an aromatic ring is 1. The van der Waals surface area contributed by atoms with Crippen molar-refractivity contribution < 1.29 is 28.0 Å². The van der Waals surface area contributed by atoms with E-state index < -0.39 is 32.3 Å². The van der Waals surface area contributed by atoms with Crippen molar-refractivity contribution in [2.24, 2.45) is 5.84 Å². The van der Waals surface area contributed by atoms with Crippen molar-refractivity contribution in [1.29, 1.82) is 0 Å². The number of carboxylic acids is 1. The average molecular weight is 248 g/mol. The van der Waals surface area contributed by atoms with E-state index in [1.807, 2.05) is 5.43 Å². The number of aromatic carboxylic acids is 1. The molecule has 8 nitrogen and oxygen atoms in total. The largest absolute Gasteiger partial charge is 0.506 e. The van der Waals surface area contributed by atoms with E-state index in [4.69, 9.17) is 15.5 Å². The van der Waals surface area contributed by atoms with E-state index in [2.05, 4.69) is 0 Å². The van der Waals surface area contributed by atoms with Gasteiger partial charge in [-0.25, -0.2) is 4.79 Å². The zero-order valence-corrected chi connectivity index (χ0v) is 8.52. The Morgan fingerprint density at radius 2 is 1.94 bits per heavy atom. The van der Waals surface area contributed by atoms with Crippen LogP contribution in [0.1, 0.15) is 10.4 Å². The summed E-state index contributed by atoms with van der Waals surface area (Å²) in [7, 11) is -4.60. The van der Waals surface area contributed by atoms with Gasteiger partial charge in [0.25, 0.3) is 10.1 Å². The molecule has 0 heterocycles. The molecule has 0 aliphatic carbocycles. The molecular weight excluding hydrogens is 240 g/mol. The monoisotopic (exact) mass is 248 g/mol. The lowest BCUT2D eigenvalue weighted by Gasteiger charge is -2.09. The molecule has 1 rings (SSSR count). The molecule has 0 aromatic heterocycles. The van der Waals surface area contributed by atoms with Crippen LogP contribution in [0.3, 0.4) is 0 Å². The quantitative estimate of drug-likeness (QED) is 0.210. The van der Waals surface area contributed by atoms with Crippen LogP contribution >= 0.6 is 0 Å². The molecule has 0 radical (unpaired) electrons. The molecule has 0 atom stereocenters. The first kappa shape index (κ1) is 12.2. The molecule has 0 bridgehead atoms. The first-order valence-corrected chi connectivity index (χ1v) is 5.25. The third-order valence-electron chi connectivity index (χ3n) is 1.76. The number of nitrogens with one attached hydrogen (secondary N) is 1. The molecule has 0 unspecified atom stereocenters. The second-order valence-corrected chi connectivity index (χ2v) is 4.21. The van der Waals surface area contributed by atoms with Gasteiger partial charge < -0.3 is 15.6 Å². The first-order valence-electron chi connectivity index (χ1n) is 3.81. The predicted octanol–water partition coefficient (Wildman–Crippen LogP) is -0.377. The number of aromatic hydroxyl groups is 1. The summed E-state index contributed by atoms with van der Waals surface area (Å²) in [5.74, 6) is 2.76. The van der Waals surface area contributed by atoms with Gasteiger partial charge >= 0.3 is 5.97 Å². The molecule has 16 heavy (non-hydrogen) atoms. The average Bonchev–Trinajstić information content (AvgIpc) is 2.14. The fourth-order valence-electron chi connectivity index (χ4n) is 1.07. The Balaban J connectivity index is 3.59. The number of nitrogens with two attached hydrogens (primary N) is 1. The highest BCUT2D eigenvalue weighted by Gasteiger charge is 2.20. The van der Waals surface area contributed by atoms with Gasteiger partial charge in [-0.05, 0) is 6.07 Å². The molecule has 0 aliphatic rings. The van der Waals surface area contributed by atoms with E-state index in [-0.39, 0.29) is 5.69 Å². The number of hydrazine groups is 1. The molecule has 1 aromatic rings. The van der Waals surface area contributed by atoms with Crippen LogP contribution in [0.5, 0.6) is 5.75 Å². The number of anilines is 1. The van der Waals surface area contributed by atoms with Crippen LogP contribution in [0.2, 0.25) is 0 Å². The number of phenolic OH excluding ortho intramolecular Hbond substituents is 1. The SMILES string of the molecule is NNc1c(O)cc(S(=O)(=O)O)cc1C(=O)O. The van der Waals surface area contributed by atoms with E-state index in [1.54, 1.807) is 0 Å². The molecule has 88 valence electrons. The fraction of sp³-hybridized carbons (Fsp3) is 0. The van der Waals surface area contributed by atoms with Gasteiger partial charge in [0.05, 0.1) is 10.5 Å². The third-order valence-corrected chi connectivity index (χ3v) is 2.60. The Hall–Kier alpha value is -1.84. The number of hydrogen-bond acceptors (Lipinski definition) is 6. The summed E-state index contributed by atoms with van der Waals surface area (Å²) in [4.78, 5) is 9.99. The maximum absolute atomic E-state index is 10.8. The van der Waals surface area contributed by atoms with Gasteiger partial charge in [0.2, 0.25) is 0 Å². The van der Waals surface area contributed by atoms with E-state index >= 15 is 0 Å². The zero-order valence-electron chi connectivity index (χ0n) is 7.71. The summed E-state index contributed by atoms with van der Waals surface area (Å²) >= 11 is 0. The number of carboxylic acid groups (broad SMARTS) is 1. The molecule has 0 spiro atoms. The number of phenols is 1. The summed E-state index contributed by atoms with van der Waals surface area (Å²) in [6.45, 7) is 0. The van der Waals surface area contributed by atoms with E-state index in [9.17, 15) is 18.3 Å². The van der Waals surface area contributed by atoms with E-state index in [0.717, 1.165) is 0 Å². The second-order valence-electron chi connectivity index (χ2n) is 2.79. The fourth-order valence-corrected chi connectivity index (χ4v) is 1.60. The van der Waals surface area contributed by atoms with Crippen LogP contribution in [0.15, 0.2) is 17.0 Å². The molecule has 1 aromatic carbocycles. The molecule has 0 saturated heterocycles. The second kappa shape index (κ2) is 3.96. The topological polar surface area (TPSA) is 150 Å². The summed E-state index contributed by atoms with van der Waals surface area (Å²) in [6, 6.07) is 1.35. The van der Waals surface area contributed by atoms with Gasteiger partial charge in [-0.15, -0.1) is 0 Å². The first-order chi connectivity index (χ1) is 7.27. The zero-order chi connectivity index (χ0) is 12.5. The van der Waals surface area contributed by atoms with E-state index in [1.165, 1.54) is 0 Å². The molecule has 0 amide bonds. The van der Waals surface area contributed by atoms with Crippen molar-refractivity contribution in [2.75, 3.05) is 5.43 Å². The van der Waals surface area contributed by atoms with Crippen molar-refractivity contribution in [3.63, 3.8) is 0 Å². The maximum Gasteiger partial charge on any atom is 0.338 e. The normalized spacial score (nSPS) is 11.1. The van der Waals surface area contributed by atoms with Crippen LogP contribution < -0.4 is 11.3 Å². The lowest BCUT2D eigenvalue weighted by atomic mass is 10.1. The summed E-state index contributed by atoms with van der Waals surface area (Å²) in [6.07, 6.45) is 0. The molecule has 0 aliphatic heterocycles. The highest BCUT2D eigenvalue weighted by molar-refractivity contribution is 7.85. The highest BCUT2D eigenvalue weighted by Crippen LogP contribution is 2.30. The molecule has 0 fully saturated rings. The maximum atomic E-state index is 10.8. The van der Waals surface area contributed by atoms with Crippen LogP contribution in [0.25, 0.3) is 0 Å². The lowest BCUT2D eigenvalue weighted by molar-refractivity contribution is 0.0697. The predicted molar refractivity (Wildman–Crippen MR) is 52.7 cm³/mol. The van der Waals surface area contributed by atoms with Crippen molar-refractivity contribution in [3.8, 4) is 5.75 Å². The Morgan fingerprint density at radius 3 is 2.31 bits per heavy atom. The summed E-state index contributed by atoms with van der Waals surface area (Å²) in [5.41, 5.74) is 0.995. The Morgan fingerprint density at radius 1 is 1.38 bits per heavy atom. The van der Waals surface area contributed by atoms with Crippen molar-refractivity contribution in [2.45, 2.75) is 4.90 Å². The number of hydrogen-bond donors (Lipinski definition) is 5. The summed E-state index contributed by atoms with van der Waals surface area (Å²) < 4.78 is 30.2. The Bertz CT molecular complexity index is 538. The Kier molecular flexibility index (Phi) is 3.03. The van der Waals surface area contributed by atoms with Crippen molar-refractivity contribution in [3.05, 3.63) is 17.7 Å². The molecule has 6 N–H and O–H groups in total. The standard InChI is InChI=1S/C7H8N2O6S/c8-9-6-4(7(11)12)1-3(2-5(6)10)16(13,14)15/h1-2,9-10H,8H2,(H,11,12)(H,13,14,15). The minimum Gasteiger partial charge on any atom is -0.506 e. The van der Waals surface area contributed by atoms with Gasteiger partial charge in [-0.1, -0.05) is 0 Å². The number of rotatable bonds is 3. The van der Waals surface area contributed by atoms with E-state index in [0.29, 0.717) is 12.1 Å². The van der Waals surface area contributed by atoms with Gasteiger partial charge in [-0.2, -0.15) is 8.42 Å². The van der Waals surface area contributed by atoms with Gasteiger partial charge in [-0.3, -0.25) is 10.4 Å². The number of benzene rings is 1. The minimum atomic E-state index is -4.60. The Labute approximate surface area is 90.0 Å². The third kappa shape index (κ3) is 2.21. The van der Waals surface area contributed by atoms with Gasteiger partial charge in [0.1, 0.15) is 11.4 Å². The van der Waals surface area contributed by atoms with Gasteiger partial charge in [0.15, 0.2) is 0 Å². The van der Waals surface area contributed by atoms with Crippen LogP contribution in [-0.4, -0.2) is 29.2 Å². The van der Waals surface area contributed by atoms with Crippen LogP contribution in [-0.2, 0) is 10.1 Å².